The largest absolute Gasteiger partial charge is 0.496 e. The summed E-state index contributed by atoms with van der Waals surface area (Å²) in [4.78, 5) is 49.9. The molecule has 0 unspecified atom stereocenters. The van der Waals surface area contributed by atoms with Gasteiger partial charge in [-0.15, -0.1) is 0 Å². The van der Waals surface area contributed by atoms with Gasteiger partial charge in [-0.3, -0.25) is 0 Å². The van der Waals surface area contributed by atoms with Crippen molar-refractivity contribution in [1.82, 2.24) is 59.8 Å². The highest BCUT2D eigenvalue weighted by Crippen LogP contribution is 2.39. The van der Waals surface area contributed by atoms with E-state index < -0.39 is 0 Å². The van der Waals surface area contributed by atoms with Gasteiger partial charge in [-0.1, -0.05) is 101 Å². The van der Waals surface area contributed by atoms with Crippen LogP contribution in [-0.2, 0) is 13.0 Å². The third-order valence-corrected chi connectivity index (χ3v) is 19.0. The van der Waals surface area contributed by atoms with Crippen LogP contribution in [0.4, 0.5) is 64.8 Å². The van der Waals surface area contributed by atoms with E-state index in [0.717, 1.165) is 96.6 Å². The lowest BCUT2D eigenvalue weighted by molar-refractivity contribution is 0.306. The van der Waals surface area contributed by atoms with Crippen LogP contribution in [0.3, 0.4) is 0 Å². The molecule has 0 radical (unpaired) electrons. The highest BCUT2D eigenvalue weighted by Gasteiger charge is 2.18. The van der Waals surface area contributed by atoms with Crippen LogP contribution in [0, 0.1) is 59.8 Å². The third kappa shape index (κ3) is 24.3. The molecule has 0 fully saturated rings. The molecule has 0 aliphatic rings. The number of nitrogens with one attached hydrogen (secondary N) is 5. The summed E-state index contributed by atoms with van der Waals surface area (Å²) in [6.45, 7) is 16.8. The monoisotopic (exact) mass is 1660 g/mol. The van der Waals surface area contributed by atoms with Crippen molar-refractivity contribution in [2.45, 2.75) is 68.4 Å². The Morgan fingerprint density at radius 1 is 0.345 bits per heavy atom. The molecule has 17 N–H and O–H groups in total. The summed E-state index contributed by atoms with van der Waals surface area (Å²) in [5.41, 5.74) is 54.4. The number of halogens is 5. The fourth-order valence-corrected chi connectivity index (χ4v) is 12.4. The van der Waals surface area contributed by atoms with Gasteiger partial charge in [0.25, 0.3) is 0 Å². The fourth-order valence-electron chi connectivity index (χ4n) is 11.4. The Hall–Kier alpha value is -12.8. The molecule has 0 aliphatic heterocycles. The Bertz CT molecular complexity index is 5450. The summed E-state index contributed by atoms with van der Waals surface area (Å²) >= 11 is 30.2. The molecule has 0 atom stereocenters. The number of methoxy groups -OCH3 is 2. The lowest BCUT2D eigenvalue weighted by Crippen LogP contribution is -2.02. The summed E-state index contributed by atoms with van der Waals surface area (Å²) in [6, 6.07) is 49.5. The van der Waals surface area contributed by atoms with Crippen LogP contribution < -0.4 is 75.2 Å². The minimum Gasteiger partial charge on any atom is -0.496 e. The van der Waals surface area contributed by atoms with Crippen LogP contribution >= 0.6 is 58.0 Å². The van der Waals surface area contributed by atoms with Gasteiger partial charge in [0.05, 0.1) is 80.1 Å². The van der Waals surface area contributed by atoms with Crippen molar-refractivity contribution in [2.24, 2.45) is 0 Å². The average Bonchev–Trinajstić information content (AvgIpc) is 0.831. The van der Waals surface area contributed by atoms with Crippen LogP contribution in [-0.4, -0.2) is 109 Å². The Balaban J connectivity index is 0.000000174. The van der Waals surface area contributed by atoms with Crippen LogP contribution in [0.2, 0.25) is 25.1 Å². The Kier molecular flexibility index (Phi) is 32.0. The second-order valence-corrected chi connectivity index (χ2v) is 27.7. The van der Waals surface area contributed by atoms with Gasteiger partial charge in [0.15, 0.2) is 0 Å². The first-order valence-electron chi connectivity index (χ1n) is 35.9. The molecular weight excluding hydrogens is 1570 g/mol. The number of nitrogens with two attached hydrogens (primary N) is 6. The minimum atomic E-state index is 0.157. The number of aromatic nitrogens is 12. The summed E-state index contributed by atoms with van der Waals surface area (Å²) in [7, 11) is 12.1. The topological polar surface area (TPSA) is 422 Å². The van der Waals surface area contributed by atoms with E-state index in [4.69, 9.17) is 112 Å². The molecular formula is C84H91Cl5N24O3. The molecule has 13 rings (SSSR count). The highest BCUT2D eigenvalue weighted by molar-refractivity contribution is 6.42. The summed E-state index contributed by atoms with van der Waals surface area (Å²) in [5.74, 6) is 6.96. The molecule has 6 aromatic heterocycles. The first-order valence-corrected chi connectivity index (χ1v) is 37.8. The third-order valence-electron chi connectivity index (χ3n) is 17.5. The molecule has 0 spiro atoms. The SMILES string of the molecule is CCc1cc(-c2cc(Cl)ccc2C#N)nc(N)n1.CNc1cc(-c2cc(C)c(C)cc2C)nc(N)n1.CNc1cc(-c2cc(C)c(OC)cc2C)nc(N)n1.CNc1cc(-c2cc(Cl)c(Cl)cc2C)nc(N)n1.CNc1cc(-c2cc(Cl)c(OC)cc2Cl)nc(N)n1.CNc1cc(-c2ccc(OCc3ccccc3)cc2C)nc(N)n1. The number of anilines is 11. The molecule has 0 saturated heterocycles. The van der Waals surface area contributed by atoms with Gasteiger partial charge in [-0.05, 0) is 178 Å². The zero-order chi connectivity index (χ0) is 84.6. The first-order chi connectivity index (χ1) is 55.4. The molecule has 32 heteroatoms. The summed E-state index contributed by atoms with van der Waals surface area (Å²) in [5, 5.41) is 26.4. The molecule has 0 saturated carbocycles. The molecule has 0 aliphatic carbocycles. The normalized spacial score (nSPS) is 10.3. The van der Waals surface area contributed by atoms with E-state index in [2.05, 4.69) is 131 Å². The lowest BCUT2D eigenvalue weighted by Gasteiger charge is -2.12. The maximum absolute atomic E-state index is 9.10. The molecule has 0 amide bonds. The number of hydrogen-bond acceptors (Lipinski definition) is 27. The zero-order valence-electron chi connectivity index (χ0n) is 66.7. The Morgan fingerprint density at radius 2 is 0.741 bits per heavy atom. The van der Waals surface area contributed by atoms with Crippen molar-refractivity contribution in [3.05, 3.63) is 233 Å². The Morgan fingerprint density at radius 3 is 1.20 bits per heavy atom. The van der Waals surface area contributed by atoms with Gasteiger partial charge in [0.1, 0.15) is 52.9 Å². The molecule has 27 nitrogen and oxygen atoms in total. The molecule has 600 valence electrons. The molecule has 6 heterocycles. The van der Waals surface area contributed by atoms with Gasteiger partial charge in [0, 0.05) is 116 Å². The lowest BCUT2D eigenvalue weighted by atomic mass is 9.98. The van der Waals surface area contributed by atoms with E-state index >= 15 is 0 Å². The van der Waals surface area contributed by atoms with Crippen molar-refractivity contribution in [1.29, 1.82) is 5.26 Å². The molecule has 116 heavy (non-hydrogen) atoms. The predicted octanol–water partition coefficient (Wildman–Crippen LogP) is 18.0. The van der Waals surface area contributed by atoms with E-state index in [1.165, 1.54) is 23.8 Å². The van der Waals surface area contributed by atoms with Crippen molar-refractivity contribution in [3.63, 3.8) is 0 Å². The maximum atomic E-state index is 9.10. The number of nitrogens with zero attached hydrogens (tertiary/aromatic N) is 13. The minimum absolute atomic E-state index is 0.157. The van der Waals surface area contributed by atoms with Gasteiger partial charge >= 0.3 is 0 Å². The van der Waals surface area contributed by atoms with E-state index in [1.807, 2.05) is 127 Å². The summed E-state index contributed by atoms with van der Waals surface area (Å²) in [6.07, 6.45) is 0.752. The second kappa shape index (κ2) is 41.8. The van der Waals surface area contributed by atoms with Gasteiger partial charge in [-0.2, -0.15) is 30.2 Å². The van der Waals surface area contributed by atoms with E-state index in [-0.39, 0.29) is 35.7 Å². The number of nitrogen functional groups attached to an aromatic ring is 6. The number of ether oxygens (including phenoxy) is 3. The molecule has 13 aromatic rings. The number of hydrogen-bond donors (Lipinski definition) is 11. The van der Waals surface area contributed by atoms with Gasteiger partial charge < -0.3 is 75.2 Å². The quantitative estimate of drug-likeness (QED) is 0.0403. The second-order valence-electron chi connectivity index (χ2n) is 25.7. The van der Waals surface area contributed by atoms with Crippen LogP contribution in [0.15, 0.2) is 152 Å². The first kappa shape index (κ1) is 88.7. The van der Waals surface area contributed by atoms with Gasteiger partial charge in [-0.25, -0.2) is 34.9 Å². The van der Waals surface area contributed by atoms with E-state index in [1.54, 1.807) is 83.8 Å². The number of rotatable bonds is 17. The van der Waals surface area contributed by atoms with E-state index in [0.29, 0.717) is 94.5 Å². The number of nitriles is 1. The predicted molar refractivity (Wildman–Crippen MR) is 475 cm³/mol. The summed E-state index contributed by atoms with van der Waals surface area (Å²) < 4.78 is 16.3. The van der Waals surface area contributed by atoms with E-state index in [9.17, 15) is 0 Å². The number of benzene rings is 7. The zero-order valence-corrected chi connectivity index (χ0v) is 70.5. The Labute approximate surface area is 699 Å². The van der Waals surface area contributed by atoms with Crippen molar-refractivity contribution < 1.29 is 14.2 Å². The van der Waals surface area contributed by atoms with Crippen molar-refractivity contribution >= 4 is 123 Å². The average molecular weight is 1660 g/mol. The van der Waals surface area contributed by atoms with Crippen molar-refractivity contribution in [3.8, 4) is 90.9 Å². The maximum Gasteiger partial charge on any atom is 0.222 e. The van der Waals surface area contributed by atoms with Gasteiger partial charge in [0.2, 0.25) is 35.7 Å². The molecule has 7 aromatic carbocycles. The fraction of sp³-hybridized carbons (Fsp3) is 0.202. The smallest absolute Gasteiger partial charge is 0.222 e. The van der Waals surface area contributed by atoms with Crippen LogP contribution in [0.5, 0.6) is 17.2 Å². The van der Waals surface area contributed by atoms with Crippen LogP contribution in [0.1, 0.15) is 62.7 Å². The van der Waals surface area contributed by atoms with Crippen LogP contribution in [0.25, 0.3) is 67.5 Å². The highest BCUT2D eigenvalue weighted by atomic mass is 35.5. The number of aryl methyl sites for hydroxylation is 8. The standard InChI is InChI=1S/C19H20N4O.C14H18N4O.C14H18N4.C13H11ClN4.C12H12Cl2N4O.C12H12Cl2N4/c1-13-10-15(24-12-14-6-4-3-5-7-14)8-9-16(13)17-11-18(21-2)23-19(20)22-17;1-8-6-12(19-4)9(2)5-10(8)11-7-13(16-3)18-14(15)17-11;1-8-5-10(3)11(6-9(8)2)12-7-13(16-4)18-14(15)17-12;1-2-10-6-12(18-13(16)17-10)11-5-9(14)4-3-8(11)7-15;1-16-11-5-9(17-12(15)18-11)6-3-8(14)10(19-2)4-7(6)13;1-6-3-8(13)9(14)4-7(6)10-5-11(16-2)18-12(15)17-10/h3-11H,12H2,1-2H3,(H3,20,21,22,23);5-7H,1-4H3,(H3,15,16,17,18);5-7H,1-4H3,(H3,15,16,17,18);3-6H,2H2,1H3,(H2,16,17,18);3-5H,1-2H3,(H3,15,16,17,18);3-5H,1-2H3,(H3,15,16,17,18). The molecule has 0 bridgehead atoms. The van der Waals surface area contributed by atoms with Crippen molar-refractivity contribution in [2.75, 3.05) is 110 Å².